The lowest BCUT2D eigenvalue weighted by molar-refractivity contribution is -0.111. The zero-order valence-corrected chi connectivity index (χ0v) is 22.5. The van der Waals surface area contributed by atoms with E-state index >= 15 is 0 Å². The molecule has 1 aliphatic rings. The van der Waals surface area contributed by atoms with Crippen LogP contribution in [0, 0.1) is 0 Å². The second-order valence-electron chi connectivity index (χ2n) is 8.31. The molecule has 2 heterocycles. The molecule has 1 N–H and O–H groups in total. The summed E-state index contributed by atoms with van der Waals surface area (Å²) in [5.41, 5.74) is 2.08. The number of methoxy groups -OCH3 is 3. The Morgan fingerprint density at radius 2 is 1.68 bits per heavy atom. The van der Waals surface area contributed by atoms with Gasteiger partial charge in [0.05, 0.1) is 27.0 Å². The molecule has 11 heteroatoms. The molecule has 0 spiro atoms. The highest BCUT2D eigenvalue weighted by Crippen LogP contribution is 2.34. The molecule has 3 aromatic rings. The Bertz CT molecular complexity index is 1400. The molecule has 1 aliphatic heterocycles. The molecule has 0 unspecified atom stereocenters. The van der Waals surface area contributed by atoms with Gasteiger partial charge in [-0.05, 0) is 54.8 Å². The third kappa shape index (κ3) is 6.12. The second kappa shape index (κ2) is 11.8. The van der Waals surface area contributed by atoms with Crippen molar-refractivity contribution in [3.8, 4) is 28.5 Å². The molecule has 4 rings (SSSR count). The highest BCUT2D eigenvalue weighted by Gasteiger charge is 2.29. The number of sulfonamides is 1. The molecule has 1 aromatic heterocycles. The summed E-state index contributed by atoms with van der Waals surface area (Å²) >= 11 is 1.29. The predicted molar refractivity (Wildman–Crippen MR) is 144 cm³/mol. The van der Waals surface area contributed by atoms with Crippen molar-refractivity contribution < 1.29 is 27.4 Å². The quantitative estimate of drug-likeness (QED) is 0.391. The number of ether oxygens (including phenoxy) is 3. The first-order valence-electron chi connectivity index (χ1n) is 11.7. The smallest absolute Gasteiger partial charge is 0.250 e. The van der Waals surface area contributed by atoms with E-state index in [-0.39, 0.29) is 16.6 Å². The lowest BCUT2D eigenvalue weighted by Crippen LogP contribution is -2.35. The lowest BCUT2D eigenvalue weighted by atomic mass is 10.1. The van der Waals surface area contributed by atoms with Crippen LogP contribution >= 0.6 is 11.3 Å². The number of thiazole rings is 1. The number of anilines is 1. The maximum atomic E-state index is 13.2. The number of carbonyl (C=O) groups is 1. The summed E-state index contributed by atoms with van der Waals surface area (Å²) in [7, 11) is 0.880. The van der Waals surface area contributed by atoms with Crippen LogP contribution in [0.25, 0.3) is 17.3 Å². The topological polar surface area (TPSA) is 107 Å². The molecule has 0 saturated carbocycles. The number of benzene rings is 2. The average Bonchev–Trinajstić information content (AvgIpc) is 3.40. The fourth-order valence-electron chi connectivity index (χ4n) is 4.02. The summed E-state index contributed by atoms with van der Waals surface area (Å²) in [5.74, 6) is 1.09. The van der Waals surface area contributed by atoms with E-state index in [1.165, 1.54) is 34.9 Å². The Labute approximate surface area is 220 Å². The summed E-state index contributed by atoms with van der Waals surface area (Å²) in [6.45, 7) is 0.986. The van der Waals surface area contributed by atoms with E-state index in [4.69, 9.17) is 14.2 Å². The van der Waals surface area contributed by atoms with Crippen molar-refractivity contribution in [2.24, 2.45) is 0 Å². The highest BCUT2D eigenvalue weighted by molar-refractivity contribution is 7.89. The van der Waals surface area contributed by atoms with Crippen LogP contribution in [0.3, 0.4) is 0 Å². The van der Waals surface area contributed by atoms with Crippen molar-refractivity contribution in [2.75, 3.05) is 39.7 Å². The van der Waals surface area contributed by atoms with Crippen LogP contribution in [0.5, 0.6) is 17.2 Å². The Balaban J connectivity index is 1.47. The monoisotopic (exact) mass is 543 g/mol. The average molecular weight is 544 g/mol. The first-order valence-corrected chi connectivity index (χ1v) is 14.0. The maximum Gasteiger partial charge on any atom is 0.250 e. The molecule has 0 radical (unpaired) electrons. The molecule has 1 amide bonds. The Morgan fingerprint density at radius 3 is 2.38 bits per heavy atom. The number of carbonyl (C=O) groups excluding carboxylic acids is 1. The van der Waals surface area contributed by atoms with Crippen LogP contribution in [-0.2, 0) is 14.8 Å². The van der Waals surface area contributed by atoms with Gasteiger partial charge < -0.3 is 14.2 Å². The summed E-state index contributed by atoms with van der Waals surface area (Å²) < 4.78 is 43.9. The molecule has 196 valence electrons. The minimum absolute atomic E-state index is 0.0962. The van der Waals surface area contributed by atoms with E-state index in [9.17, 15) is 13.2 Å². The number of nitrogens with one attached hydrogen (secondary N) is 1. The number of rotatable bonds is 9. The van der Waals surface area contributed by atoms with Crippen molar-refractivity contribution in [1.29, 1.82) is 0 Å². The largest absolute Gasteiger partial charge is 0.495 e. The van der Waals surface area contributed by atoms with E-state index in [1.807, 2.05) is 17.5 Å². The van der Waals surface area contributed by atoms with Crippen LogP contribution in [0.1, 0.15) is 24.8 Å². The van der Waals surface area contributed by atoms with E-state index in [0.717, 1.165) is 24.8 Å². The molecule has 1 fully saturated rings. The number of aromatic nitrogens is 1. The first-order chi connectivity index (χ1) is 17.8. The zero-order valence-electron chi connectivity index (χ0n) is 20.9. The van der Waals surface area contributed by atoms with Gasteiger partial charge in [0.15, 0.2) is 16.6 Å². The summed E-state index contributed by atoms with van der Waals surface area (Å²) in [4.78, 5) is 17.1. The van der Waals surface area contributed by atoms with Gasteiger partial charge in [0.1, 0.15) is 10.6 Å². The fraction of sp³-hybridized carbons (Fsp3) is 0.308. The Hall–Kier alpha value is -3.41. The Morgan fingerprint density at radius 1 is 0.973 bits per heavy atom. The van der Waals surface area contributed by atoms with E-state index < -0.39 is 10.0 Å². The first kappa shape index (κ1) is 26.6. The van der Waals surface area contributed by atoms with Crippen molar-refractivity contribution in [2.45, 2.75) is 24.2 Å². The minimum atomic E-state index is -3.70. The van der Waals surface area contributed by atoms with Crippen LogP contribution in [0.4, 0.5) is 5.13 Å². The molecule has 0 atom stereocenters. The van der Waals surface area contributed by atoms with Crippen LogP contribution < -0.4 is 19.5 Å². The number of hydrogen-bond acceptors (Lipinski definition) is 8. The number of nitrogens with zero attached hydrogens (tertiary/aromatic N) is 2. The molecular formula is C26H29N3O6S2. The van der Waals surface area contributed by atoms with Gasteiger partial charge in [-0.3, -0.25) is 10.1 Å². The molecule has 9 nitrogen and oxygen atoms in total. The third-order valence-electron chi connectivity index (χ3n) is 5.96. The fourth-order valence-corrected chi connectivity index (χ4v) is 6.45. The number of hydrogen-bond donors (Lipinski definition) is 1. The lowest BCUT2D eigenvalue weighted by Gasteiger charge is -2.26. The van der Waals surface area contributed by atoms with Crippen LogP contribution in [-0.4, -0.2) is 58.0 Å². The van der Waals surface area contributed by atoms with E-state index in [2.05, 4.69) is 10.3 Å². The predicted octanol–water partition coefficient (Wildman–Crippen LogP) is 4.66. The maximum absolute atomic E-state index is 13.2. The molecule has 1 saturated heterocycles. The second-order valence-corrected chi connectivity index (χ2v) is 11.1. The van der Waals surface area contributed by atoms with Crippen molar-refractivity contribution in [3.05, 3.63) is 53.4 Å². The standard InChI is InChI=1S/C26H29N3O6S2/c1-33-21-11-9-19(16-23(21)35-3)20-17-36-26(27-20)28-25(30)12-8-18-7-10-22(34-2)24(15-18)37(31,32)29-13-5-4-6-14-29/h7-12,15-17H,4-6,13-14H2,1-3H3,(H,27,28,30)/b12-8+. The summed E-state index contributed by atoms with van der Waals surface area (Å²) in [6.07, 6.45) is 5.61. The van der Waals surface area contributed by atoms with E-state index in [1.54, 1.807) is 38.5 Å². The van der Waals surface area contributed by atoms with Crippen LogP contribution in [0.2, 0.25) is 0 Å². The number of amides is 1. The van der Waals surface area contributed by atoms with Gasteiger partial charge in [-0.1, -0.05) is 12.5 Å². The number of piperidine rings is 1. The molecule has 37 heavy (non-hydrogen) atoms. The van der Waals surface area contributed by atoms with Gasteiger partial charge in [0, 0.05) is 30.1 Å². The van der Waals surface area contributed by atoms with Crippen molar-refractivity contribution in [3.63, 3.8) is 0 Å². The summed E-state index contributed by atoms with van der Waals surface area (Å²) in [6, 6.07) is 10.3. The van der Waals surface area contributed by atoms with Gasteiger partial charge in [-0.2, -0.15) is 4.31 Å². The molecular weight excluding hydrogens is 514 g/mol. The minimum Gasteiger partial charge on any atom is -0.495 e. The van der Waals surface area contributed by atoms with Crippen LogP contribution in [0.15, 0.2) is 52.7 Å². The molecule has 0 aliphatic carbocycles. The van der Waals surface area contributed by atoms with Gasteiger partial charge in [0.25, 0.3) is 0 Å². The van der Waals surface area contributed by atoms with Crippen molar-refractivity contribution >= 4 is 38.5 Å². The Kier molecular flexibility index (Phi) is 8.47. The normalized spacial score (nSPS) is 14.5. The van der Waals surface area contributed by atoms with Crippen molar-refractivity contribution in [1.82, 2.24) is 9.29 Å². The zero-order chi connectivity index (χ0) is 26.4. The molecule has 0 bridgehead atoms. The van der Waals surface area contributed by atoms with E-state index in [0.29, 0.717) is 41.0 Å². The highest BCUT2D eigenvalue weighted by atomic mass is 32.2. The molecule has 2 aromatic carbocycles. The van der Waals surface area contributed by atoms with Gasteiger partial charge >= 0.3 is 0 Å². The SMILES string of the molecule is COc1ccc(-c2csc(NC(=O)/C=C/c3ccc(OC)c(S(=O)(=O)N4CCCCC4)c3)n2)cc1OC. The van der Waals surface area contributed by atoms with Gasteiger partial charge in [-0.25, -0.2) is 13.4 Å². The van der Waals surface area contributed by atoms with Gasteiger partial charge in [0.2, 0.25) is 15.9 Å². The third-order valence-corrected chi connectivity index (χ3v) is 8.64. The summed E-state index contributed by atoms with van der Waals surface area (Å²) in [5, 5.41) is 5.02. The van der Waals surface area contributed by atoms with Gasteiger partial charge in [-0.15, -0.1) is 11.3 Å².